The molecule has 0 spiro atoms. The monoisotopic (exact) mass is 244 g/mol. The van der Waals surface area contributed by atoms with E-state index in [1.165, 1.54) is 11.3 Å². The van der Waals surface area contributed by atoms with E-state index in [2.05, 4.69) is 0 Å². The molecule has 2 N–H and O–H groups in total. The first-order valence-corrected chi connectivity index (χ1v) is 6.06. The molecule has 0 atom stereocenters. The maximum absolute atomic E-state index is 11.9. The highest BCUT2D eigenvalue weighted by Gasteiger charge is 2.34. The van der Waals surface area contributed by atoms with Gasteiger partial charge in [0.1, 0.15) is 0 Å². The van der Waals surface area contributed by atoms with Crippen LogP contribution in [0.25, 0.3) is 0 Å². The van der Waals surface area contributed by atoms with E-state index in [9.17, 15) is 4.79 Å². The Hall–Kier alpha value is -0.580. The van der Waals surface area contributed by atoms with Crippen molar-refractivity contribution in [2.45, 2.75) is 18.9 Å². The van der Waals surface area contributed by atoms with Gasteiger partial charge in [-0.2, -0.15) is 0 Å². The molecule has 1 aliphatic carbocycles. The number of amides is 1. The molecule has 1 fully saturated rings. The van der Waals surface area contributed by atoms with Crippen LogP contribution in [0.1, 0.15) is 12.8 Å². The normalized spacial score (nSPS) is 24.7. The van der Waals surface area contributed by atoms with Gasteiger partial charge in [0, 0.05) is 19.0 Å². The molecule has 3 nitrogen and oxygen atoms in total. The van der Waals surface area contributed by atoms with Crippen molar-refractivity contribution in [1.82, 2.24) is 0 Å². The molecule has 0 aromatic carbocycles. The summed E-state index contributed by atoms with van der Waals surface area (Å²) in [5.74, 6) is 0.251. The van der Waals surface area contributed by atoms with E-state index in [1.807, 2.05) is 6.07 Å². The number of anilines is 1. The number of halogens is 1. The highest BCUT2D eigenvalue weighted by atomic mass is 35.5. The quantitative estimate of drug-likeness (QED) is 0.866. The molecule has 1 aliphatic rings. The molecule has 1 aromatic rings. The van der Waals surface area contributed by atoms with E-state index >= 15 is 0 Å². The van der Waals surface area contributed by atoms with Crippen molar-refractivity contribution < 1.29 is 4.79 Å². The molecule has 82 valence electrons. The molecule has 15 heavy (non-hydrogen) atoms. The van der Waals surface area contributed by atoms with E-state index in [1.54, 1.807) is 18.0 Å². The molecule has 1 saturated carbocycles. The van der Waals surface area contributed by atoms with Crippen molar-refractivity contribution in [1.29, 1.82) is 0 Å². The maximum atomic E-state index is 11.9. The molecule has 1 amide bonds. The van der Waals surface area contributed by atoms with E-state index in [-0.39, 0.29) is 17.9 Å². The number of hydrogen-bond acceptors (Lipinski definition) is 3. The fraction of sp³-hybridized carbons (Fsp3) is 0.500. The second-order valence-electron chi connectivity index (χ2n) is 3.90. The zero-order chi connectivity index (χ0) is 11.0. The average molecular weight is 245 g/mol. The third kappa shape index (κ3) is 2.17. The Kier molecular flexibility index (Phi) is 3.00. The summed E-state index contributed by atoms with van der Waals surface area (Å²) >= 11 is 7.24. The van der Waals surface area contributed by atoms with Crippen LogP contribution in [0, 0.1) is 5.92 Å². The zero-order valence-corrected chi connectivity index (χ0v) is 10.0. The lowest BCUT2D eigenvalue weighted by molar-refractivity contribution is -0.124. The SMILES string of the molecule is CN(C(=O)C1CC(N)C1)c1ccc(Cl)s1. The molecule has 2 rings (SSSR count). The summed E-state index contributed by atoms with van der Waals surface area (Å²) in [6, 6.07) is 3.88. The molecule has 0 saturated heterocycles. The standard InChI is InChI=1S/C10H13ClN2OS/c1-13(9-3-2-8(11)15-9)10(14)6-4-7(12)5-6/h2-3,6-7H,4-5,12H2,1H3. The highest BCUT2D eigenvalue weighted by molar-refractivity contribution is 7.20. The summed E-state index contributed by atoms with van der Waals surface area (Å²) < 4.78 is 0.704. The van der Waals surface area contributed by atoms with Crippen molar-refractivity contribution in [2.24, 2.45) is 11.7 Å². The van der Waals surface area contributed by atoms with Crippen molar-refractivity contribution in [3.05, 3.63) is 16.5 Å². The first-order valence-electron chi connectivity index (χ1n) is 4.86. The molecule has 0 bridgehead atoms. The predicted octanol–water partition coefficient (Wildman–Crippen LogP) is 2.10. The fourth-order valence-corrected chi connectivity index (χ4v) is 2.73. The number of nitrogens with zero attached hydrogens (tertiary/aromatic N) is 1. The van der Waals surface area contributed by atoms with Gasteiger partial charge in [-0.05, 0) is 25.0 Å². The first kappa shape index (κ1) is 10.9. The van der Waals surface area contributed by atoms with E-state index in [0.29, 0.717) is 4.34 Å². The van der Waals surface area contributed by atoms with Gasteiger partial charge in [0.25, 0.3) is 0 Å². The van der Waals surface area contributed by atoms with Gasteiger partial charge in [-0.25, -0.2) is 0 Å². The molecule has 5 heteroatoms. The minimum atomic E-state index is 0.103. The fourth-order valence-electron chi connectivity index (χ4n) is 1.73. The Morgan fingerprint density at radius 3 is 2.73 bits per heavy atom. The predicted molar refractivity (Wildman–Crippen MR) is 63.4 cm³/mol. The van der Waals surface area contributed by atoms with Crippen LogP contribution in [0.5, 0.6) is 0 Å². The minimum absolute atomic E-state index is 0.103. The Morgan fingerprint density at radius 2 is 2.27 bits per heavy atom. The molecule has 0 radical (unpaired) electrons. The van der Waals surface area contributed by atoms with Crippen molar-refractivity contribution >= 4 is 33.8 Å². The number of carbonyl (C=O) groups excluding carboxylic acids is 1. The lowest BCUT2D eigenvalue weighted by atomic mass is 9.80. The number of rotatable bonds is 2. The molecule has 0 aliphatic heterocycles. The third-order valence-electron chi connectivity index (χ3n) is 2.74. The van der Waals surface area contributed by atoms with Gasteiger partial charge in [-0.15, -0.1) is 11.3 Å². The van der Waals surface area contributed by atoms with Gasteiger partial charge in [0.15, 0.2) is 0 Å². The zero-order valence-electron chi connectivity index (χ0n) is 8.44. The molecule has 1 heterocycles. The van der Waals surface area contributed by atoms with Crippen LogP contribution in [0.2, 0.25) is 4.34 Å². The van der Waals surface area contributed by atoms with Gasteiger partial charge in [-0.3, -0.25) is 4.79 Å². The largest absolute Gasteiger partial charge is 0.328 e. The van der Waals surface area contributed by atoms with Gasteiger partial charge in [0.2, 0.25) is 5.91 Å². The maximum Gasteiger partial charge on any atom is 0.230 e. The topological polar surface area (TPSA) is 46.3 Å². The van der Waals surface area contributed by atoms with E-state index < -0.39 is 0 Å². The van der Waals surface area contributed by atoms with Crippen molar-refractivity contribution in [3.63, 3.8) is 0 Å². The van der Waals surface area contributed by atoms with Gasteiger partial charge in [-0.1, -0.05) is 11.6 Å². The Morgan fingerprint density at radius 1 is 1.60 bits per heavy atom. The highest BCUT2D eigenvalue weighted by Crippen LogP contribution is 2.33. The number of thiophene rings is 1. The summed E-state index contributed by atoms with van der Waals surface area (Å²) in [6.07, 6.45) is 1.62. The van der Waals surface area contributed by atoms with Crippen LogP contribution in [0.15, 0.2) is 12.1 Å². The lowest BCUT2D eigenvalue weighted by Crippen LogP contribution is -2.45. The number of carbonyl (C=O) groups is 1. The lowest BCUT2D eigenvalue weighted by Gasteiger charge is -2.33. The third-order valence-corrected chi connectivity index (χ3v) is 4.05. The average Bonchev–Trinajstić information content (AvgIpc) is 2.58. The summed E-state index contributed by atoms with van der Waals surface area (Å²) in [5.41, 5.74) is 5.66. The number of nitrogens with two attached hydrogens (primary N) is 1. The van der Waals surface area contributed by atoms with Crippen LogP contribution in [-0.2, 0) is 4.79 Å². The van der Waals surface area contributed by atoms with Crippen molar-refractivity contribution in [2.75, 3.05) is 11.9 Å². The van der Waals surface area contributed by atoms with Gasteiger partial charge >= 0.3 is 0 Å². The van der Waals surface area contributed by atoms with Gasteiger partial charge < -0.3 is 10.6 Å². The summed E-state index contributed by atoms with van der Waals surface area (Å²) in [5, 5.41) is 0.894. The summed E-state index contributed by atoms with van der Waals surface area (Å²) in [6.45, 7) is 0. The molecule has 1 aromatic heterocycles. The van der Waals surface area contributed by atoms with Crippen LogP contribution in [0.3, 0.4) is 0 Å². The second kappa shape index (κ2) is 4.12. The summed E-state index contributed by atoms with van der Waals surface area (Å²) in [4.78, 5) is 13.6. The Balaban J connectivity index is 2.02. The van der Waals surface area contributed by atoms with Crippen LogP contribution < -0.4 is 10.6 Å². The smallest absolute Gasteiger partial charge is 0.230 e. The molecular weight excluding hydrogens is 232 g/mol. The number of hydrogen-bond donors (Lipinski definition) is 1. The summed E-state index contributed by atoms with van der Waals surface area (Å²) in [7, 11) is 1.79. The molecular formula is C10H13ClN2OS. The van der Waals surface area contributed by atoms with E-state index in [4.69, 9.17) is 17.3 Å². The Bertz CT molecular complexity index is 373. The second-order valence-corrected chi connectivity index (χ2v) is 5.60. The van der Waals surface area contributed by atoms with Crippen molar-refractivity contribution in [3.8, 4) is 0 Å². The van der Waals surface area contributed by atoms with Gasteiger partial charge in [0.05, 0.1) is 9.34 Å². The van der Waals surface area contributed by atoms with Crippen LogP contribution in [0.4, 0.5) is 5.00 Å². The first-order chi connectivity index (χ1) is 7.08. The minimum Gasteiger partial charge on any atom is -0.328 e. The van der Waals surface area contributed by atoms with E-state index in [0.717, 1.165) is 17.8 Å². The molecule has 0 unspecified atom stereocenters. The Labute approximate surface area is 97.8 Å². The van der Waals surface area contributed by atoms with Crippen LogP contribution >= 0.6 is 22.9 Å². The van der Waals surface area contributed by atoms with Crippen LogP contribution in [-0.4, -0.2) is 19.0 Å².